The number of rotatable bonds is 18. The Morgan fingerprint density at radius 1 is 1.32 bits per heavy atom. The molecule has 1 aliphatic carbocycles. The summed E-state index contributed by atoms with van der Waals surface area (Å²) in [6, 6.07) is -1.59. The molecule has 0 saturated heterocycles. The summed E-state index contributed by atoms with van der Waals surface area (Å²) in [4.78, 5) is 52.5. The van der Waals surface area contributed by atoms with Crippen molar-refractivity contribution in [1.82, 2.24) is 20.7 Å². The molecule has 0 aliphatic heterocycles. The maximum atomic E-state index is 13.6. The predicted molar refractivity (Wildman–Crippen MR) is 140 cm³/mol. The van der Waals surface area contributed by atoms with E-state index in [0.29, 0.717) is 54.8 Å². The first-order valence-electron chi connectivity index (χ1n) is 13.0. The van der Waals surface area contributed by atoms with Crippen molar-refractivity contribution in [2.24, 2.45) is 22.2 Å². The van der Waals surface area contributed by atoms with Gasteiger partial charge >= 0.3 is 0 Å². The van der Waals surface area contributed by atoms with E-state index in [4.69, 9.17) is 0 Å². The molecule has 4 N–H and O–H groups in total. The van der Waals surface area contributed by atoms with Gasteiger partial charge in [-0.1, -0.05) is 45.4 Å². The molecule has 1 fully saturated rings. The molecule has 1 aromatic rings. The largest absolute Gasteiger partial charge is 0.344 e. The number of carbonyl (C=O) groups is 3. The Bertz CT molecular complexity index is 896. The van der Waals surface area contributed by atoms with E-state index in [1.54, 1.807) is 11.6 Å². The smallest absolute Gasteiger partial charge is 0.248 e. The van der Waals surface area contributed by atoms with Gasteiger partial charge in [-0.3, -0.25) is 24.9 Å². The third-order valence-electron chi connectivity index (χ3n) is 6.61. The standard InChI is InChI=1S/C23H38N8O6S/c1-2-7-20(30(35)16-32)18(14-17-8-4-3-5-9-17)21(33)27-19(22(34)28-23-25-12-13-38-23)10-6-11-24-15-26-29-31(36)37/h12-13,16-20,24,35H,2-11,14-15H2,1H3,(H,27,33)(H,25,28,34)/t18-,19+,20+/m1/s1. The highest BCUT2D eigenvalue weighted by atomic mass is 32.1. The van der Waals surface area contributed by atoms with Crippen LogP contribution in [0, 0.1) is 22.0 Å². The van der Waals surface area contributed by atoms with E-state index in [0.717, 1.165) is 32.1 Å². The van der Waals surface area contributed by atoms with Crippen LogP contribution in [0.2, 0.25) is 0 Å². The fraction of sp³-hybridized carbons (Fsp3) is 0.739. The molecule has 0 radical (unpaired) electrons. The molecule has 3 atom stereocenters. The first kappa shape index (κ1) is 31.2. The van der Waals surface area contributed by atoms with Crippen molar-refractivity contribution in [2.45, 2.75) is 83.2 Å². The van der Waals surface area contributed by atoms with Crippen molar-refractivity contribution in [3.63, 3.8) is 0 Å². The lowest BCUT2D eigenvalue weighted by molar-refractivity contribution is -0.494. The summed E-state index contributed by atoms with van der Waals surface area (Å²) in [5, 5.41) is 37.0. The van der Waals surface area contributed by atoms with E-state index in [1.165, 1.54) is 11.3 Å². The van der Waals surface area contributed by atoms with Crippen LogP contribution in [0.5, 0.6) is 0 Å². The zero-order valence-corrected chi connectivity index (χ0v) is 22.5. The normalized spacial score (nSPS) is 16.5. The minimum atomic E-state index is -0.899. The van der Waals surface area contributed by atoms with Crippen molar-refractivity contribution in [2.75, 3.05) is 18.5 Å². The van der Waals surface area contributed by atoms with Crippen LogP contribution in [0.3, 0.4) is 0 Å². The zero-order chi connectivity index (χ0) is 27.8. The molecule has 2 rings (SSSR count). The van der Waals surface area contributed by atoms with E-state index in [2.05, 4.69) is 31.3 Å². The summed E-state index contributed by atoms with van der Waals surface area (Å²) >= 11 is 1.25. The number of aromatic nitrogens is 1. The first-order valence-corrected chi connectivity index (χ1v) is 13.9. The third kappa shape index (κ3) is 11.1. The third-order valence-corrected chi connectivity index (χ3v) is 7.29. The Labute approximate surface area is 225 Å². The van der Waals surface area contributed by atoms with Gasteiger partial charge < -0.3 is 20.7 Å². The number of hydrogen-bond donors (Lipinski definition) is 4. The Kier molecular flexibility index (Phi) is 14.3. The molecule has 0 spiro atoms. The van der Waals surface area contributed by atoms with Crippen LogP contribution in [0.4, 0.5) is 5.13 Å². The maximum absolute atomic E-state index is 13.6. The first-order chi connectivity index (χ1) is 18.3. The van der Waals surface area contributed by atoms with Gasteiger partial charge in [0.25, 0.3) is 0 Å². The van der Waals surface area contributed by atoms with Gasteiger partial charge in [-0.25, -0.2) is 10.0 Å². The van der Waals surface area contributed by atoms with Gasteiger partial charge in [0, 0.05) is 11.6 Å². The number of carbonyl (C=O) groups excluding carboxylic acids is 3. The second-order valence-corrected chi connectivity index (χ2v) is 10.2. The number of hydroxylamine groups is 2. The summed E-state index contributed by atoms with van der Waals surface area (Å²) in [6.45, 7) is 2.25. The summed E-state index contributed by atoms with van der Waals surface area (Å²) in [7, 11) is 0. The van der Waals surface area contributed by atoms with Gasteiger partial charge in [-0.2, -0.15) is 0 Å². The molecular weight excluding hydrogens is 516 g/mol. The van der Waals surface area contributed by atoms with Crippen molar-refractivity contribution in [3.8, 4) is 0 Å². The molecule has 1 heterocycles. The molecule has 1 aromatic heterocycles. The number of thiazole rings is 1. The highest BCUT2D eigenvalue weighted by Gasteiger charge is 2.36. The Balaban J connectivity index is 2.13. The number of anilines is 1. The van der Waals surface area contributed by atoms with Crippen LogP contribution in [0.15, 0.2) is 21.9 Å². The molecule has 3 amide bonds. The average molecular weight is 555 g/mol. The van der Waals surface area contributed by atoms with Gasteiger partial charge in [0.2, 0.25) is 24.9 Å². The van der Waals surface area contributed by atoms with Crippen molar-refractivity contribution >= 4 is 34.7 Å². The van der Waals surface area contributed by atoms with E-state index < -0.39 is 28.9 Å². The number of nitrogens with zero attached hydrogens (tertiary/aromatic N) is 5. The quantitative estimate of drug-likeness (QED) is 0.0531. The lowest BCUT2D eigenvalue weighted by Crippen LogP contribution is -2.51. The van der Waals surface area contributed by atoms with Gasteiger partial charge in [-0.05, 0) is 38.1 Å². The molecule has 15 heteroatoms. The second kappa shape index (κ2) is 17.5. The minimum Gasteiger partial charge on any atom is -0.344 e. The van der Waals surface area contributed by atoms with Crippen LogP contribution in [0.1, 0.15) is 71.1 Å². The van der Waals surface area contributed by atoms with E-state index in [-0.39, 0.29) is 19.0 Å². The topological polar surface area (TPSA) is 192 Å². The van der Waals surface area contributed by atoms with E-state index in [9.17, 15) is 29.7 Å². The molecule has 0 bridgehead atoms. The Morgan fingerprint density at radius 3 is 2.71 bits per heavy atom. The van der Waals surface area contributed by atoms with Crippen LogP contribution in [-0.2, 0) is 14.4 Å². The SMILES string of the molecule is CCC[C@@H]([C@@H](CC1CCCCC1)C(=O)N[C@@H](CCCNCN=N[N+](=O)[O-])C(=O)Nc1nccs1)N(O)C=O. The average Bonchev–Trinajstić information content (AvgIpc) is 3.42. The molecule has 38 heavy (non-hydrogen) atoms. The van der Waals surface area contributed by atoms with Gasteiger partial charge in [-0.15, -0.1) is 11.3 Å². The lowest BCUT2D eigenvalue weighted by Gasteiger charge is -2.34. The minimum absolute atomic E-state index is 0.0521. The van der Waals surface area contributed by atoms with Crippen molar-refractivity contribution in [1.29, 1.82) is 0 Å². The number of hydrogen-bond acceptors (Lipinski definition) is 10. The van der Waals surface area contributed by atoms with Crippen LogP contribution in [0.25, 0.3) is 0 Å². The Morgan fingerprint density at radius 2 is 2.08 bits per heavy atom. The Hall–Kier alpha value is -3.04. The number of nitrogens with one attached hydrogen (secondary N) is 3. The monoisotopic (exact) mass is 554 g/mol. The molecule has 212 valence electrons. The maximum Gasteiger partial charge on any atom is 0.248 e. The molecule has 0 aromatic carbocycles. The summed E-state index contributed by atoms with van der Waals surface area (Å²) in [6.07, 6.45) is 9.54. The fourth-order valence-corrected chi connectivity index (χ4v) is 5.31. The number of nitro groups is 1. The zero-order valence-electron chi connectivity index (χ0n) is 21.7. The van der Waals surface area contributed by atoms with E-state index in [1.807, 2.05) is 6.92 Å². The van der Waals surface area contributed by atoms with Gasteiger partial charge in [0.15, 0.2) is 10.4 Å². The lowest BCUT2D eigenvalue weighted by atomic mass is 9.79. The highest BCUT2D eigenvalue weighted by molar-refractivity contribution is 7.13. The second-order valence-electron chi connectivity index (χ2n) is 9.34. The predicted octanol–water partition coefficient (Wildman–Crippen LogP) is 3.14. The number of amides is 3. The molecule has 1 aliphatic rings. The molecular formula is C23H38N8O6S. The fourth-order valence-electron chi connectivity index (χ4n) is 4.78. The van der Waals surface area contributed by atoms with Gasteiger partial charge in [0.05, 0.1) is 22.1 Å². The van der Waals surface area contributed by atoms with Crippen LogP contribution < -0.4 is 16.0 Å². The molecule has 1 saturated carbocycles. The molecule has 0 unspecified atom stereocenters. The molecule has 14 nitrogen and oxygen atoms in total. The van der Waals surface area contributed by atoms with Crippen LogP contribution >= 0.6 is 11.3 Å². The van der Waals surface area contributed by atoms with Gasteiger partial charge in [0.1, 0.15) is 6.04 Å². The summed E-state index contributed by atoms with van der Waals surface area (Å²) in [5.41, 5.74) is 0. The van der Waals surface area contributed by atoms with E-state index >= 15 is 0 Å². The van der Waals surface area contributed by atoms with Crippen LogP contribution in [-0.4, -0.2) is 63.8 Å². The summed E-state index contributed by atoms with van der Waals surface area (Å²) < 4.78 is 0. The van der Waals surface area contributed by atoms with Crippen molar-refractivity contribution in [3.05, 3.63) is 21.7 Å². The highest BCUT2D eigenvalue weighted by Crippen LogP contribution is 2.32. The summed E-state index contributed by atoms with van der Waals surface area (Å²) in [5.74, 6) is -1.19. The van der Waals surface area contributed by atoms with Crippen molar-refractivity contribution < 1.29 is 24.6 Å².